The third-order valence-corrected chi connectivity index (χ3v) is 10.9. The summed E-state index contributed by atoms with van der Waals surface area (Å²) in [4.78, 5) is 25.6. The van der Waals surface area contributed by atoms with Crippen molar-refractivity contribution >= 4 is 10.9 Å². The van der Waals surface area contributed by atoms with Crippen LogP contribution in [0.25, 0.3) is 90.0 Å². The van der Waals surface area contributed by atoms with E-state index in [0.717, 1.165) is 61.1 Å². The maximum atomic E-state index is 9.72. The van der Waals surface area contributed by atoms with E-state index in [9.17, 15) is 5.26 Å². The van der Waals surface area contributed by atoms with Crippen LogP contribution in [0.1, 0.15) is 30.5 Å². The van der Waals surface area contributed by atoms with Crippen LogP contribution < -0.4 is 0 Å². The van der Waals surface area contributed by atoms with Crippen molar-refractivity contribution in [2.45, 2.75) is 19.3 Å². The average Bonchev–Trinajstić information content (AvgIpc) is 3.51. The molecule has 7 aromatic carbocycles. The molecule has 6 heteroatoms. The number of aromatic nitrogens is 5. The van der Waals surface area contributed by atoms with E-state index in [4.69, 9.17) is 24.9 Å². The minimum Gasteiger partial charge on any atom is -0.228 e. The van der Waals surface area contributed by atoms with Gasteiger partial charge in [0.05, 0.1) is 22.8 Å². The van der Waals surface area contributed by atoms with Gasteiger partial charge in [0.1, 0.15) is 0 Å². The summed E-state index contributed by atoms with van der Waals surface area (Å²) in [7, 11) is 0. The molecule has 9 aromatic rings. The third-order valence-electron chi connectivity index (χ3n) is 10.9. The lowest BCUT2D eigenvalue weighted by atomic mass is 9.81. The van der Waals surface area contributed by atoms with Crippen molar-refractivity contribution in [1.82, 2.24) is 24.9 Å². The van der Waals surface area contributed by atoms with Gasteiger partial charge in [0.25, 0.3) is 0 Å². The van der Waals surface area contributed by atoms with Gasteiger partial charge in [0.2, 0.25) is 0 Å². The average molecular weight is 731 g/mol. The Balaban J connectivity index is 1.21. The molecule has 1 aliphatic rings. The van der Waals surface area contributed by atoms with Crippen molar-refractivity contribution in [1.29, 1.82) is 5.26 Å². The van der Waals surface area contributed by atoms with Gasteiger partial charge in [-0.3, -0.25) is 0 Å². The Bertz CT molecular complexity index is 2980. The summed E-state index contributed by atoms with van der Waals surface area (Å²) in [6, 6.07) is 59.9. The van der Waals surface area contributed by atoms with Gasteiger partial charge < -0.3 is 0 Å². The fourth-order valence-corrected chi connectivity index (χ4v) is 8.00. The van der Waals surface area contributed by atoms with Crippen LogP contribution in [0.5, 0.6) is 0 Å². The van der Waals surface area contributed by atoms with Crippen LogP contribution >= 0.6 is 0 Å². The summed E-state index contributed by atoms with van der Waals surface area (Å²) < 4.78 is 0. The van der Waals surface area contributed by atoms with Crippen LogP contribution in [-0.2, 0) is 5.41 Å². The van der Waals surface area contributed by atoms with E-state index >= 15 is 0 Å². The first-order valence-electron chi connectivity index (χ1n) is 19.0. The Morgan fingerprint density at radius 2 is 0.895 bits per heavy atom. The zero-order valence-corrected chi connectivity index (χ0v) is 31.3. The molecule has 0 saturated carbocycles. The highest BCUT2D eigenvalue weighted by Crippen LogP contribution is 2.50. The SMILES string of the molecule is CC1(C)c2cc(C#N)ccc2-c2ccc(-c3cc(-c4nc(-c5ccccc5)nc(-c5ccccc5)n4)cc(-c4nc(-c5ccccc5)c5ccccc5n4)c3)cc21. The molecule has 0 fully saturated rings. The number of benzene rings is 7. The van der Waals surface area contributed by atoms with Crippen molar-refractivity contribution < 1.29 is 0 Å². The monoisotopic (exact) mass is 730 g/mol. The molecule has 0 bridgehead atoms. The zero-order chi connectivity index (χ0) is 38.5. The van der Waals surface area contributed by atoms with Crippen LogP contribution in [0.4, 0.5) is 0 Å². The minimum atomic E-state index is -0.302. The van der Waals surface area contributed by atoms with E-state index in [-0.39, 0.29) is 5.41 Å². The summed E-state index contributed by atoms with van der Waals surface area (Å²) in [5, 5.41) is 10.7. The fraction of sp³-hybridized carbons (Fsp3) is 0.0588. The number of hydrogen-bond acceptors (Lipinski definition) is 6. The number of para-hydroxylation sites is 1. The summed E-state index contributed by atoms with van der Waals surface area (Å²) in [5.74, 6) is 2.34. The molecule has 0 N–H and O–H groups in total. The maximum absolute atomic E-state index is 9.72. The fourth-order valence-electron chi connectivity index (χ4n) is 8.00. The predicted molar refractivity (Wildman–Crippen MR) is 228 cm³/mol. The lowest BCUT2D eigenvalue weighted by molar-refractivity contribution is 0.660. The van der Waals surface area contributed by atoms with Gasteiger partial charge in [-0.2, -0.15) is 5.26 Å². The van der Waals surface area contributed by atoms with E-state index in [1.54, 1.807) is 0 Å². The van der Waals surface area contributed by atoms with Crippen LogP contribution in [-0.4, -0.2) is 24.9 Å². The predicted octanol–water partition coefficient (Wildman–Crippen LogP) is 12.0. The number of hydrogen-bond donors (Lipinski definition) is 0. The van der Waals surface area contributed by atoms with Crippen molar-refractivity contribution in [3.63, 3.8) is 0 Å². The second-order valence-electron chi connectivity index (χ2n) is 14.9. The molecule has 10 rings (SSSR count). The molecule has 0 radical (unpaired) electrons. The van der Waals surface area contributed by atoms with Crippen molar-refractivity contribution in [2.75, 3.05) is 0 Å². The van der Waals surface area contributed by atoms with Crippen molar-refractivity contribution in [2.24, 2.45) is 0 Å². The first-order valence-corrected chi connectivity index (χ1v) is 19.0. The summed E-state index contributed by atoms with van der Waals surface area (Å²) in [6.07, 6.45) is 0. The quantitative estimate of drug-likeness (QED) is 0.169. The molecule has 0 saturated heterocycles. The van der Waals surface area contributed by atoms with Gasteiger partial charge in [-0.05, 0) is 75.8 Å². The molecule has 0 unspecified atom stereocenters. The van der Waals surface area contributed by atoms with Gasteiger partial charge in [0.15, 0.2) is 23.3 Å². The van der Waals surface area contributed by atoms with Gasteiger partial charge in [-0.15, -0.1) is 0 Å². The second kappa shape index (κ2) is 13.6. The van der Waals surface area contributed by atoms with Crippen molar-refractivity contribution in [3.8, 4) is 85.1 Å². The highest BCUT2D eigenvalue weighted by Gasteiger charge is 2.36. The van der Waals surface area contributed by atoms with Gasteiger partial charge in [-0.1, -0.05) is 141 Å². The molecule has 268 valence electrons. The van der Waals surface area contributed by atoms with Crippen LogP contribution in [0.2, 0.25) is 0 Å². The molecule has 0 amide bonds. The molecular formula is C51H34N6. The highest BCUT2D eigenvalue weighted by molar-refractivity contribution is 5.94. The largest absolute Gasteiger partial charge is 0.228 e. The molecule has 0 spiro atoms. The van der Waals surface area contributed by atoms with Crippen molar-refractivity contribution in [3.05, 3.63) is 187 Å². The molecule has 0 aliphatic heterocycles. The first-order chi connectivity index (χ1) is 27.9. The topological polar surface area (TPSA) is 88.2 Å². The molecule has 2 heterocycles. The summed E-state index contributed by atoms with van der Waals surface area (Å²) in [5.41, 5.74) is 13.3. The van der Waals surface area contributed by atoms with E-state index < -0.39 is 0 Å². The Morgan fingerprint density at radius 1 is 0.404 bits per heavy atom. The Morgan fingerprint density at radius 3 is 1.51 bits per heavy atom. The van der Waals surface area contributed by atoms with E-state index in [2.05, 4.69) is 80.6 Å². The zero-order valence-electron chi connectivity index (χ0n) is 31.3. The number of nitrogens with zero attached hydrogens (tertiary/aromatic N) is 6. The Hall–Kier alpha value is -7.62. The standard InChI is InChI=1S/C51H34N6/c1-51(2)43-26-32(31-52)22-24-40(43)41-25-23-36(30-44(41)51)37-27-38(49-53-45-21-13-12-20-42(45)46(54-49)33-14-6-3-7-15-33)29-39(28-37)50-56-47(34-16-8-4-9-17-34)55-48(57-50)35-18-10-5-11-19-35/h3-30H,1-2H3. The molecular weight excluding hydrogens is 697 g/mol. The Kier molecular flexibility index (Phi) is 8.09. The number of fused-ring (bicyclic) bond motifs is 4. The molecule has 0 atom stereocenters. The van der Waals surface area contributed by atoms with Crippen LogP contribution in [0, 0.1) is 11.3 Å². The lowest BCUT2D eigenvalue weighted by Gasteiger charge is -2.22. The number of rotatable bonds is 6. The summed E-state index contributed by atoms with van der Waals surface area (Å²) in [6.45, 7) is 4.47. The second-order valence-corrected chi connectivity index (χ2v) is 14.9. The smallest absolute Gasteiger partial charge is 0.164 e. The molecule has 1 aliphatic carbocycles. The van der Waals surface area contributed by atoms with E-state index in [1.807, 2.05) is 109 Å². The Labute approximate surface area is 330 Å². The number of nitriles is 1. The normalized spacial score (nSPS) is 12.5. The highest BCUT2D eigenvalue weighted by atomic mass is 15.0. The summed E-state index contributed by atoms with van der Waals surface area (Å²) >= 11 is 0. The molecule has 57 heavy (non-hydrogen) atoms. The maximum Gasteiger partial charge on any atom is 0.164 e. The lowest BCUT2D eigenvalue weighted by Crippen LogP contribution is -2.15. The van der Waals surface area contributed by atoms with Crippen LogP contribution in [0.3, 0.4) is 0 Å². The van der Waals surface area contributed by atoms with Gasteiger partial charge >= 0.3 is 0 Å². The first kappa shape index (κ1) is 33.9. The van der Waals surface area contributed by atoms with Gasteiger partial charge in [-0.25, -0.2) is 24.9 Å². The molecule has 2 aromatic heterocycles. The van der Waals surface area contributed by atoms with E-state index in [1.165, 1.54) is 16.7 Å². The van der Waals surface area contributed by atoms with Gasteiger partial charge in [0, 0.05) is 38.6 Å². The van der Waals surface area contributed by atoms with Crippen LogP contribution in [0.15, 0.2) is 170 Å². The van der Waals surface area contributed by atoms with E-state index in [0.29, 0.717) is 28.9 Å². The minimum absolute atomic E-state index is 0.302. The third kappa shape index (κ3) is 6.03. The molecule has 6 nitrogen and oxygen atoms in total.